The SMILES string of the molecule is CN[C@@H]1CC[C@H](C)c2ccccc21.CN[C@H]1CC[C@@H](C)c2ccccc21. The van der Waals surface area contributed by atoms with E-state index in [1.165, 1.54) is 47.9 Å². The second-order valence-corrected chi connectivity index (χ2v) is 7.90. The molecule has 2 aliphatic rings. The smallest absolute Gasteiger partial charge is 0.0320 e. The monoisotopic (exact) mass is 350 g/mol. The third-order valence-electron chi connectivity index (χ3n) is 6.28. The Balaban J connectivity index is 0.000000151. The van der Waals surface area contributed by atoms with E-state index in [2.05, 4.69) is 87.1 Å². The van der Waals surface area contributed by atoms with Gasteiger partial charge in [-0.2, -0.15) is 0 Å². The van der Waals surface area contributed by atoms with Crippen LogP contribution in [0.3, 0.4) is 0 Å². The molecule has 0 amide bonds. The van der Waals surface area contributed by atoms with Gasteiger partial charge in [0.1, 0.15) is 0 Å². The van der Waals surface area contributed by atoms with Crippen LogP contribution in [0.2, 0.25) is 0 Å². The summed E-state index contributed by atoms with van der Waals surface area (Å²) < 4.78 is 0. The third-order valence-corrected chi connectivity index (χ3v) is 6.28. The molecule has 0 radical (unpaired) electrons. The molecule has 0 saturated heterocycles. The van der Waals surface area contributed by atoms with E-state index in [0.717, 1.165) is 11.8 Å². The molecule has 2 heteroatoms. The molecule has 0 fully saturated rings. The van der Waals surface area contributed by atoms with Crippen molar-refractivity contribution in [3.05, 3.63) is 70.8 Å². The van der Waals surface area contributed by atoms with Crippen molar-refractivity contribution >= 4 is 0 Å². The Kier molecular flexibility index (Phi) is 6.50. The summed E-state index contributed by atoms with van der Waals surface area (Å²) >= 11 is 0. The minimum Gasteiger partial charge on any atom is -0.313 e. The number of benzene rings is 2. The average molecular weight is 351 g/mol. The molecule has 2 aromatic carbocycles. The molecule has 0 heterocycles. The molecule has 0 aliphatic heterocycles. The van der Waals surface area contributed by atoms with Gasteiger partial charge in [0.15, 0.2) is 0 Å². The molecule has 2 aliphatic carbocycles. The maximum Gasteiger partial charge on any atom is 0.0320 e. The molecule has 2 N–H and O–H groups in total. The molecule has 140 valence electrons. The van der Waals surface area contributed by atoms with Crippen LogP contribution in [0.15, 0.2) is 48.5 Å². The molecule has 4 atom stereocenters. The minimum absolute atomic E-state index is 0.576. The van der Waals surface area contributed by atoms with Crippen molar-refractivity contribution in [1.29, 1.82) is 0 Å². The van der Waals surface area contributed by atoms with E-state index >= 15 is 0 Å². The van der Waals surface area contributed by atoms with Crippen LogP contribution in [-0.2, 0) is 0 Å². The maximum absolute atomic E-state index is 3.38. The quantitative estimate of drug-likeness (QED) is 0.727. The van der Waals surface area contributed by atoms with Gasteiger partial charge >= 0.3 is 0 Å². The Morgan fingerprint density at radius 3 is 1.27 bits per heavy atom. The Morgan fingerprint density at radius 2 is 0.923 bits per heavy atom. The maximum atomic E-state index is 3.38. The van der Waals surface area contributed by atoms with Crippen molar-refractivity contribution in [3.8, 4) is 0 Å². The van der Waals surface area contributed by atoms with Gasteiger partial charge in [-0.25, -0.2) is 0 Å². The molecule has 0 spiro atoms. The lowest BCUT2D eigenvalue weighted by molar-refractivity contribution is 0.460. The normalized spacial score (nSPS) is 26.9. The number of hydrogen-bond donors (Lipinski definition) is 2. The number of hydrogen-bond acceptors (Lipinski definition) is 2. The van der Waals surface area contributed by atoms with Gasteiger partial charge in [0.05, 0.1) is 0 Å². The van der Waals surface area contributed by atoms with E-state index in [1.54, 1.807) is 0 Å². The van der Waals surface area contributed by atoms with Crippen LogP contribution in [0.5, 0.6) is 0 Å². The lowest BCUT2D eigenvalue weighted by Gasteiger charge is -2.29. The Bertz CT molecular complexity index is 647. The van der Waals surface area contributed by atoms with Gasteiger partial charge in [0.25, 0.3) is 0 Å². The van der Waals surface area contributed by atoms with Gasteiger partial charge in [0.2, 0.25) is 0 Å². The molecular formula is C24H34N2. The van der Waals surface area contributed by atoms with E-state index in [-0.39, 0.29) is 0 Å². The first-order valence-corrected chi connectivity index (χ1v) is 10.2. The predicted octanol–water partition coefficient (Wildman–Crippen LogP) is 5.69. The van der Waals surface area contributed by atoms with Crippen molar-refractivity contribution in [2.24, 2.45) is 0 Å². The van der Waals surface area contributed by atoms with E-state index in [4.69, 9.17) is 0 Å². The summed E-state index contributed by atoms with van der Waals surface area (Å²) in [6.07, 6.45) is 5.16. The predicted molar refractivity (Wildman–Crippen MR) is 112 cm³/mol. The highest BCUT2D eigenvalue weighted by atomic mass is 14.9. The van der Waals surface area contributed by atoms with Crippen LogP contribution in [0.4, 0.5) is 0 Å². The highest BCUT2D eigenvalue weighted by molar-refractivity contribution is 5.35. The van der Waals surface area contributed by atoms with Crippen molar-refractivity contribution in [1.82, 2.24) is 10.6 Å². The lowest BCUT2D eigenvalue weighted by atomic mass is 9.81. The van der Waals surface area contributed by atoms with Gasteiger partial charge in [0, 0.05) is 12.1 Å². The highest BCUT2D eigenvalue weighted by Gasteiger charge is 2.23. The zero-order valence-corrected chi connectivity index (χ0v) is 16.8. The number of rotatable bonds is 2. The van der Waals surface area contributed by atoms with Crippen LogP contribution in [-0.4, -0.2) is 14.1 Å². The number of fused-ring (bicyclic) bond motifs is 2. The molecule has 0 saturated carbocycles. The van der Waals surface area contributed by atoms with Crippen molar-refractivity contribution in [3.63, 3.8) is 0 Å². The largest absolute Gasteiger partial charge is 0.313 e. The zero-order chi connectivity index (χ0) is 18.5. The Morgan fingerprint density at radius 1 is 0.577 bits per heavy atom. The topological polar surface area (TPSA) is 24.1 Å². The van der Waals surface area contributed by atoms with Crippen LogP contribution < -0.4 is 10.6 Å². The fourth-order valence-corrected chi connectivity index (χ4v) is 4.61. The van der Waals surface area contributed by atoms with E-state index in [9.17, 15) is 0 Å². The third kappa shape index (κ3) is 4.02. The first kappa shape index (κ1) is 19.1. The van der Waals surface area contributed by atoms with Crippen LogP contribution in [0.25, 0.3) is 0 Å². The first-order valence-electron chi connectivity index (χ1n) is 10.2. The molecule has 0 aromatic heterocycles. The van der Waals surface area contributed by atoms with Gasteiger partial charge < -0.3 is 10.6 Å². The van der Waals surface area contributed by atoms with Gasteiger partial charge in [-0.15, -0.1) is 0 Å². The summed E-state index contributed by atoms with van der Waals surface area (Å²) in [5, 5.41) is 6.76. The summed E-state index contributed by atoms with van der Waals surface area (Å²) in [7, 11) is 4.11. The second kappa shape index (κ2) is 8.83. The van der Waals surface area contributed by atoms with Crippen LogP contribution >= 0.6 is 0 Å². The van der Waals surface area contributed by atoms with E-state index < -0.39 is 0 Å². The van der Waals surface area contributed by atoms with E-state index in [0.29, 0.717) is 12.1 Å². The highest BCUT2D eigenvalue weighted by Crippen LogP contribution is 2.37. The fourth-order valence-electron chi connectivity index (χ4n) is 4.61. The van der Waals surface area contributed by atoms with Crippen molar-refractivity contribution in [2.45, 2.75) is 63.5 Å². The van der Waals surface area contributed by atoms with Crippen LogP contribution in [0, 0.1) is 0 Å². The zero-order valence-electron chi connectivity index (χ0n) is 16.8. The van der Waals surface area contributed by atoms with Gasteiger partial charge in [-0.05, 0) is 73.9 Å². The summed E-state index contributed by atoms with van der Waals surface area (Å²) in [5.74, 6) is 1.47. The van der Waals surface area contributed by atoms with E-state index in [1.807, 2.05) is 0 Å². The lowest BCUT2D eigenvalue weighted by Crippen LogP contribution is -2.22. The molecule has 0 unspecified atom stereocenters. The molecule has 4 rings (SSSR count). The fraction of sp³-hybridized carbons (Fsp3) is 0.500. The Hall–Kier alpha value is -1.64. The van der Waals surface area contributed by atoms with Crippen molar-refractivity contribution < 1.29 is 0 Å². The minimum atomic E-state index is 0.576. The molecular weight excluding hydrogens is 316 g/mol. The summed E-state index contributed by atoms with van der Waals surface area (Å²) in [5.41, 5.74) is 6.08. The average Bonchev–Trinajstić information content (AvgIpc) is 2.70. The first-order chi connectivity index (χ1) is 12.7. The molecule has 0 bridgehead atoms. The van der Waals surface area contributed by atoms with Gasteiger partial charge in [-0.3, -0.25) is 0 Å². The summed E-state index contributed by atoms with van der Waals surface area (Å²) in [6.45, 7) is 4.65. The standard InChI is InChI=1S/2C12H17N/c2*1-9-7-8-12(13-2)11-6-4-3-5-10(9)11/h2*3-6,9,12-13H,7-8H2,1-2H3/t2*9-,12+/m10/s1. The van der Waals surface area contributed by atoms with Crippen LogP contribution in [0.1, 0.15) is 85.7 Å². The molecule has 2 aromatic rings. The second-order valence-electron chi connectivity index (χ2n) is 7.90. The number of nitrogens with one attached hydrogen (secondary N) is 2. The van der Waals surface area contributed by atoms with Crippen molar-refractivity contribution in [2.75, 3.05) is 14.1 Å². The molecule has 26 heavy (non-hydrogen) atoms. The van der Waals surface area contributed by atoms with Gasteiger partial charge in [-0.1, -0.05) is 62.4 Å². The summed E-state index contributed by atoms with van der Waals surface area (Å²) in [4.78, 5) is 0. The molecule has 2 nitrogen and oxygen atoms in total. The summed E-state index contributed by atoms with van der Waals surface area (Å²) in [6, 6.07) is 18.8. The Labute approximate surface area is 159 Å².